The molecular weight excluding hydrogens is 258 g/mol. The van der Waals surface area contributed by atoms with Gasteiger partial charge < -0.3 is 15.2 Å². The lowest BCUT2D eigenvalue weighted by Crippen LogP contribution is -2.24. The lowest BCUT2D eigenvalue weighted by Gasteiger charge is -2.19. The van der Waals surface area contributed by atoms with Gasteiger partial charge in [0.25, 0.3) is 0 Å². The fourth-order valence-electron chi connectivity index (χ4n) is 1.57. The molecule has 0 amide bonds. The number of hydrogen-bond acceptors (Lipinski definition) is 4. The molecular formula is C15H21NO4. The summed E-state index contributed by atoms with van der Waals surface area (Å²) in [5, 5.41) is 11.5. The highest BCUT2D eigenvalue weighted by molar-refractivity contribution is 5.89. The Hall–Kier alpha value is -1.88. The van der Waals surface area contributed by atoms with E-state index in [-0.39, 0.29) is 12.4 Å². The summed E-state index contributed by atoms with van der Waals surface area (Å²) in [4.78, 5) is 22.3. The minimum atomic E-state index is -0.833. The summed E-state index contributed by atoms with van der Waals surface area (Å²) in [6.45, 7) is 6.38. The number of rotatable bonds is 6. The van der Waals surface area contributed by atoms with Gasteiger partial charge in [-0.3, -0.25) is 4.79 Å². The van der Waals surface area contributed by atoms with Gasteiger partial charge in [-0.1, -0.05) is 12.1 Å². The fourth-order valence-corrected chi connectivity index (χ4v) is 1.57. The largest absolute Gasteiger partial charge is 0.481 e. The van der Waals surface area contributed by atoms with Crippen LogP contribution in [0.25, 0.3) is 0 Å². The van der Waals surface area contributed by atoms with Crippen molar-refractivity contribution in [1.82, 2.24) is 5.32 Å². The molecule has 0 aromatic heterocycles. The number of aliphatic carboxylic acids is 1. The minimum absolute atomic E-state index is 0.0752. The summed E-state index contributed by atoms with van der Waals surface area (Å²) in [7, 11) is 0. The average Bonchev–Trinajstić information content (AvgIpc) is 2.33. The number of carbonyl (C=O) groups is 2. The summed E-state index contributed by atoms with van der Waals surface area (Å²) < 4.78 is 5.30. The minimum Gasteiger partial charge on any atom is -0.481 e. The van der Waals surface area contributed by atoms with Gasteiger partial charge in [-0.05, 0) is 38.5 Å². The molecule has 0 fully saturated rings. The molecule has 0 bridgehead atoms. The van der Waals surface area contributed by atoms with Crippen LogP contribution in [0.2, 0.25) is 0 Å². The number of ether oxygens (including phenoxy) is 1. The van der Waals surface area contributed by atoms with Crippen LogP contribution in [0.1, 0.15) is 43.1 Å². The molecule has 0 unspecified atom stereocenters. The van der Waals surface area contributed by atoms with E-state index in [9.17, 15) is 9.59 Å². The van der Waals surface area contributed by atoms with Crippen molar-refractivity contribution >= 4 is 11.9 Å². The lowest BCUT2D eigenvalue weighted by atomic mass is 10.1. The average molecular weight is 279 g/mol. The Kier molecular flexibility index (Phi) is 5.70. The van der Waals surface area contributed by atoms with Gasteiger partial charge in [-0.25, -0.2) is 4.79 Å². The molecule has 0 saturated heterocycles. The topological polar surface area (TPSA) is 75.6 Å². The van der Waals surface area contributed by atoms with Crippen LogP contribution < -0.4 is 5.32 Å². The first-order valence-electron chi connectivity index (χ1n) is 6.53. The van der Waals surface area contributed by atoms with Gasteiger partial charge in [0.05, 0.1) is 12.0 Å². The summed E-state index contributed by atoms with van der Waals surface area (Å²) in [5.74, 6) is -1.19. The van der Waals surface area contributed by atoms with Gasteiger partial charge in [0.2, 0.25) is 0 Å². The monoisotopic (exact) mass is 279 g/mol. The first-order valence-corrected chi connectivity index (χ1v) is 6.53. The third-order valence-corrected chi connectivity index (χ3v) is 2.41. The number of esters is 1. The van der Waals surface area contributed by atoms with E-state index in [1.165, 1.54) is 0 Å². The SMILES string of the molecule is CC(C)(C)OC(=O)c1cccc(CNCCC(=O)O)c1. The summed E-state index contributed by atoms with van der Waals surface area (Å²) >= 11 is 0. The number of nitrogens with one attached hydrogen (secondary N) is 1. The van der Waals surface area contributed by atoms with Crippen molar-refractivity contribution in [3.05, 3.63) is 35.4 Å². The molecule has 5 heteroatoms. The highest BCUT2D eigenvalue weighted by Gasteiger charge is 2.17. The van der Waals surface area contributed by atoms with Crippen LogP contribution in [0.15, 0.2) is 24.3 Å². The maximum atomic E-state index is 11.9. The van der Waals surface area contributed by atoms with Crippen molar-refractivity contribution in [1.29, 1.82) is 0 Å². The van der Waals surface area contributed by atoms with Crippen molar-refractivity contribution in [2.75, 3.05) is 6.54 Å². The molecule has 1 aromatic carbocycles. The Bertz CT molecular complexity index is 477. The molecule has 2 N–H and O–H groups in total. The van der Waals surface area contributed by atoms with Crippen LogP contribution in [0.3, 0.4) is 0 Å². The van der Waals surface area contributed by atoms with Crippen LogP contribution in [-0.4, -0.2) is 29.2 Å². The normalized spacial score (nSPS) is 11.2. The molecule has 0 aliphatic rings. The zero-order valence-corrected chi connectivity index (χ0v) is 12.1. The van der Waals surface area contributed by atoms with E-state index in [1.54, 1.807) is 18.2 Å². The van der Waals surface area contributed by atoms with E-state index in [2.05, 4.69) is 5.32 Å². The lowest BCUT2D eigenvalue weighted by molar-refractivity contribution is -0.136. The Morgan fingerprint density at radius 2 is 2.00 bits per heavy atom. The van der Waals surface area contributed by atoms with E-state index >= 15 is 0 Å². The third kappa shape index (κ3) is 6.33. The van der Waals surface area contributed by atoms with Gasteiger partial charge in [-0.2, -0.15) is 0 Å². The van der Waals surface area contributed by atoms with Crippen molar-refractivity contribution in [2.45, 2.75) is 39.3 Å². The molecule has 0 atom stereocenters. The third-order valence-electron chi connectivity index (χ3n) is 2.41. The van der Waals surface area contributed by atoms with Crippen LogP contribution >= 0.6 is 0 Å². The van der Waals surface area contributed by atoms with Crippen molar-refractivity contribution in [2.24, 2.45) is 0 Å². The molecule has 110 valence electrons. The van der Waals surface area contributed by atoms with Crippen LogP contribution in [0.5, 0.6) is 0 Å². The van der Waals surface area contributed by atoms with Gasteiger partial charge in [-0.15, -0.1) is 0 Å². The first kappa shape index (κ1) is 16.2. The quantitative estimate of drug-likeness (QED) is 0.617. The fraction of sp³-hybridized carbons (Fsp3) is 0.467. The number of carboxylic acids is 1. The highest BCUT2D eigenvalue weighted by Crippen LogP contribution is 2.13. The molecule has 1 aromatic rings. The molecule has 0 saturated carbocycles. The number of benzene rings is 1. The zero-order valence-electron chi connectivity index (χ0n) is 12.1. The van der Waals surface area contributed by atoms with Gasteiger partial charge in [0.1, 0.15) is 5.60 Å². The van der Waals surface area contributed by atoms with Gasteiger partial charge in [0, 0.05) is 13.1 Å². The molecule has 20 heavy (non-hydrogen) atoms. The Morgan fingerprint density at radius 1 is 1.30 bits per heavy atom. The standard InChI is InChI=1S/C15H21NO4/c1-15(2,3)20-14(19)12-6-4-5-11(9-12)10-16-8-7-13(17)18/h4-6,9,16H,7-8,10H2,1-3H3,(H,17,18). The Morgan fingerprint density at radius 3 is 2.60 bits per heavy atom. The first-order chi connectivity index (χ1) is 9.28. The van der Waals surface area contributed by atoms with Crippen molar-refractivity contribution < 1.29 is 19.4 Å². The predicted octanol–water partition coefficient (Wildman–Crippen LogP) is 2.21. The van der Waals surface area contributed by atoms with Crippen molar-refractivity contribution in [3.63, 3.8) is 0 Å². The van der Waals surface area contributed by atoms with Crippen molar-refractivity contribution in [3.8, 4) is 0 Å². The van der Waals surface area contributed by atoms with E-state index in [1.807, 2.05) is 26.8 Å². The zero-order chi connectivity index (χ0) is 15.2. The summed E-state index contributed by atoms with van der Waals surface area (Å²) in [6, 6.07) is 7.12. The Balaban J connectivity index is 2.57. The second-order valence-corrected chi connectivity index (χ2v) is 5.52. The van der Waals surface area contributed by atoms with E-state index in [0.29, 0.717) is 18.7 Å². The molecule has 0 radical (unpaired) electrons. The molecule has 0 spiro atoms. The van der Waals surface area contributed by atoms with E-state index < -0.39 is 11.6 Å². The summed E-state index contributed by atoms with van der Waals surface area (Å²) in [6.07, 6.45) is 0.0752. The maximum absolute atomic E-state index is 11.9. The molecule has 1 rings (SSSR count). The van der Waals surface area contributed by atoms with Gasteiger partial charge in [0.15, 0.2) is 0 Å². The second-order valence-electron chi connectivity index (χ2n) is 5.52. The maximum Gasteiger partial charge on any atom is 0.338 e. The molecule has 0 heterocycles. The highest BCUT2D eigenvalue weighted by atomic mass is 16.6. The van der Waals surface area contributed by atoms with Crippen LogP contribution in [0, 0.1) is 0 Å². The van der Waals surface area contributed by atoms with E-state index in [0.717, 1.165) is 5.56 Å². The number of carbonyl (C=O) groups excluding carboxylic acids is 1. The van der Waals surface area contributed by atoms with Crippen LogP contribution in [-0.2, 0) is 16.1 Å². The second kappa shape index (κ2) is 7.05. The summed E-state index contributed by atoms with van der Waals surface area (Å²) in [5.41, 5.74) is 0.892. The predicted molar refractivity (Wildman–Crippen MR) is 75.6 cm³/mol. The Labute approximate surface area is 118 Å². The molecule has 0 aliphatic heterocycles. The molecule has 0 aliphatic carbocycles. The van der Waals surface area contributed by atoms with Gasteiger partial charge >= 0.3 is 11.9 Å². The number of carboxylic acid groups (broad SMARTS) is 1. The number of hydrogen-bond donors (Lipinski definition) is 2. The molecule has 5 nitrogen and oxygen atoms in total. The smallest absolute Gasteiger partial charge is 0.338 e. The van der Waals surface area contributed by atoms with E-state index in [4.69, 9.17) is 9.84 Å². The van der Waals surface area contributed by atoms with Crippen LogP contribution in [0.4, 0.5) is 0 Å².